The lowest BCUT2D eigenvalue weighted by atomic mass is 10.2. The predicted molar refractivity (Wildman–Crippen MR) is 97.4 cm³/mol. The molecular weight excluding hydrogens is 332 g/mol. The molecule has 0 radical (unpaired) electrons. The van der Waals surface area contributed by atoms with Crippen molar-refractivity contribution in [3.63, 3.8) is 0 Å². The number of pyridine rings is 1. The van der Waals surface area contributed by atoms with Crippen molar-refractivity contribution >= 4 is 5.91 Å². The van der Waals surface area contributed by atoms with Gasteiger partial charge in [-0.25, -0.2) is 4.68 Å². The third kappa shape index (κ3) is 4.07. The number of methoxy groups -OCH3 is 1. The molecule has 7 nitrogen and oxygen atoms in total. The van der Waals surface area contributed by atoms with E-state index in [1.807, 2.05) is 30.5 Å². The van der Waals surface area contributed by atoms with Gasteiger partial charge in [-0.3, -0.25) is 9.78 Å². The predicted octanol–water partition coefficient (Wildman–Crippen LogP) is 2.06. The van der Waals surface area contributed by atoms with Gasteiger partial charge < -0.3 is 15.2 Å². The zero-order valence-electron chi connectivity index (χ0n) is 14.4. The van der Waals surface area contributed by atoms with Crippen LogP contribution in [0.15, 0.2) is 55.0 Å². The number of carbonyl (C=O) groups is 1. The lowest BCUT2D eigenvalue weighted by molar-refractivity contribution is 0.0951. The Labute approximate surface area is 151 Å². The molecule has 0 saturated carbocycles. The molecule has 2 N–H and O–H groups in total. The van der Waals surface area contributed by atoms with E-state index in [4.69, 9.17) is 9.84 Å². The van der Waals surface area contributed by atoms with Crippen LogP contribution in [-0.4, -0.2) is 46.0 Å². The van der Waals surface area contributed by atoms with Gasteiger partial charge in [0.15, 0.2) is 0 Å². The molecule has 0 aliphatic heterocycles. The number of aliphatic hydroxyl groups is 1. The van der Waals surface area contributed by atoms with Gasteiger partial charge in [-0.2, -0.15) is 5.10 Å². The topological polar surface area (TPSA) is 89.3 Å². The van der Waals surface area contributed by atoms with Crippen LogP contribution in [-0.2, 0) is 0 Å². The zero-order chi connectivity index (χ0) is 18.4. The van der Waals surface area contributed by atoms with Crippen molar-refractivity contribution < 1.29 is 14.6 Å². The lowest BCUT2D eigenvalue weighted by Crippen LogP contribution is -2.25. The highest BCUT2D eigenvalue weighted by molar-refractivity contribution is 5.94. The molecule has 134 valence electrons. The molecule has 26 heavy (non-hydrogen) atoms. The maximum atomic E-state index is 11.9. The number of nitrogens with one attached hydrogen (secondary N) is 1. The van der Waals surface area contributed by atoms with Gasteiger partial charge in [-0.15, -0.1) is 0 Å². The lowest BCUT2D eigenvalue weighted by Gasteiger charge is -2.04. The van der Waals surface area contributed by atoms with Gasteiger partial charge in [0.05, 0.1) is 30.3 Å². The van der Waals surface area contributed by atoms with Gasteiger partial charge in [0, 0.05) is 31.1 Å². The van der Waals surface area contributed by atoms with Crippen molar-refractivity contribution in [1.82, 2.24) is 20.1 Å². The van der Waals surface area contributed by atoms with Gasteiger partial charge in [0.25, 0.3) is 5.91 Å². The molecule has 0 spiro atoms. The van der Waals surface area contributed by atoms with Gasteiger partial charge >= 0.3 is 0 Å². The molecule has 0 unspecified atom stereocenters. The smallest absolute Gasteiger partial charge is 0.252 e. The summed E-state index contributed by atoms with van der Waals surface area (Å²) in [6.45, 7) is 0.487. The van der Waals surface area contributed by atoms with Crippen LogP contribution in [0, 0.1) is 0 Å². The second-order valence-electron chi connectivity index (χ2n) is 5.64. The Morgan fingerprint density at radius 3 is 2.65 bits per heavy atom. The van der Waals surface area contributed by atoms with E-state index in [-0.39, 0.29) is 12.5 Å². The van der Waals surface area contributed by atoms with Crippen molar-refractivity contribution in [3.8, 4) is 22.7 Å². The monoisotopic (exact) mass is 352 g/mol. The number of amides is 1. The Morgan fingerprint density at radius 1 is 1.19 bits per heavy atom. The van der Waals surface area contributed by atoms with E-state index in [1.54, 1.807) is 30.1 Å². The van der Waals surface area contributed by atoms with Crippen molar-refractivity contribution in [3.05, 3.63) is 60.6 Å². The maximum absolute atomic E-state index is 11.9. The van der Waals surface area contributed by atoms with Gasteiger partial charge in [0.2, 0.25) is 0 Å². The third-order valence-corrected chi connectivity index (χ3v) is 3.86. The number of carbonyl (C=O) groups excluding carboxylic acids is 1. The van der Waals surface area contributed by atoms with Crippen molar-refractivity contribution in [1.29, 1.82) is 0 Å². The number of hydrogen-bond acceptors (Lipinski definition) is 5. The molecule has 1 amide bonds. The fourth-order valence-corrected chi connectivity index (χ4v) is 2.41. The average Bonchev–Trinajstić information content (AvgIpc) is 3.18. The molecule has 0 aliphatic carbocycles. The van der Waals surface area contributed by atoms with Crippen LogP contribution < -0.4 is 10.1 Å². The van der Waals surface area contributed by atoms with Crippen molar-refractivity contribution in [2.45, 2.75) is 6.42 Å². The summed E-state index contributed by atoms with van der Waals surface area (Å²) in [5.41, 5.74) is 2.98. The van der Waals surface area contributed by atoms with E-state index >= 15 is 0 Å². The van der Waals surface area contributed by atoms with Crippen LogP contribution in [0.3, 0.4) is 0 Å². The first kappa shape index (κ1) is 17.6. The van der Waals surface area contributed by atoms with Crippen LogP contribution in [0.1, 0.15) is 16.8 Å². The van der Waals surface area contributed by atoms with Crippen molar-refractivity contribution in [2.75, 3.05) is 20.3 Å². The average molecular weight is 352 g/mol. The minimum absolute atomic E-state index is 0.0512. The van der Waals surface area contributed by atoms with Crippen molar-refractivity contribution in [2.24, 2.45) is 0 Å². The Balaban J connectivity index is 1.71. The molecule has 1 aromatic carbocycles. The summed E-state index contributed by atoms with van der Waals surface area (Å²) in [5.74, 6) is 0.585. The van der Waals surface area contributed by atoms with E-state index in [9.17, 15) is 4.79 Å². The highest BCUT2D eigenvalue weighted by atomic mass is 16.5. The van der Waals surface area contributed by atoms with E-state index in [0.29, 0.717) is 18.5 Å². The quantitative estimate of drug-likeness (QED) is 0.635. The molecule has 3 aromatic rings. The summed E-state index contributed by atoms with van der Waals surface area (Å²) in [7, 11) is 1.63. The molecular formula is C19H20N4O3. The largest absolute Gasteiger partial charge is 0.497 e. The second-order valence-corrected chi connectivity index (χ2v) is 5.64. The van der Waals surface area contributed by atoms with Crippen LogP contribution in [0.5, 0.6) is 5.75 Å². The van der Waals surface area contributed by atoms with Crippen LogP contribution >= 0.6 is 0 Å². The Hall–Kier alpha value is -3.19. The molecule has 2 heterocycles. The fraction of sp³-hybridized carbons (Fsp3) is 0.211. The summed E-state index contributed by atoms with van der Waals surface area (Å²) in [5, 5.41) is 15.8. The SMILES string of the molecule is COc1ccc(-n2cc(-c3ccc(C(=O)NCCCO)cn3)cn2)cc1. The van der Waals surface area contributed by atoms with Crippen LogP contribution in [0.2, 0.25) is 0 Å². The van der Waals surface area contributed by atoms with Gasteiger partial charge in [-0.05, 0) is 42.8 Å². The highest BCUT2D eigenvalue weighted by Crippen LogP contribution is 2.20. The minimum atomic E-state index is -0.202. The number of hydrogen-bond donors (Lipinski definition) is 2. The standard InChI is InChI=1S/C19H20N4O3/c1-26-17-6-4-16(5-7-17)23-13-15(12-22-23)18-8-3-14(11-21-18)19(25)20-9-2-10-24/h3-8,11-13,24H,2,9-10H2,1H3,(H,20,25). The first-order valence-corrected chi connectivity index (χ1v) is 8.26. The maximum Gasteiger partial charge on any atom is 0.252 e. The molecule has 7 heteroatoms. The molecule has 0 aliphatic rings. The third-order valence-electron chi connectivity index (χ3n) is 3.86. The Bertz CT molecular complexity index is 857. The fourth-order valence-electron chi connectivity index (χ4n) is 2.41. The Kier molecular flexibility index (Phi) is 5.60. The van der Waals surface area contributed by atoms with E-state index in [2.05, 4.69) is 15.4 Å². The van der Waals surface area contributed by atoms with E-state index < -0.39 is 0 Å². The van der Waals surface area contributed by atoms with Gasteiger partial charge in [0.1, 0.15) is 5.75 Å². The Morgan fingerprint density at radius 2 is 2.00 bits per heavy atom. The molecule has 0 saturated heterocycles. The molecule has 2 aromatic heterocycles. The summed E-state index contributed by atoms with van der Waals surface area (Å²) < 4.78 is 6.91. The number of ether oxygens (including phenoxy) is 1. The second kappa shape index (κ2) is 8.26. The summed E-state index contributed by atoms with van der Waals surface area (Å²) >= 11 is 0. The normalized spacial score (nSPS) is 10.5. The summed E-state index contributed by atoms with van der Waals surface area (Å²) in [4.78, 5) is 16.3. The van der Waals surface area contributed by atoms with E-state index in [1.165, 1.54) is 6.20 Å². The molecule has 0 fully saturated rings. The molecule has 3 rings (SSSR count). The first-order valence-electron chi connectivity index (χ1n) is 8.26. The van der Waals surface area contributed by atoms with Crippen LogP contribution in [0.4, 0.5) is 0 Å². The number of aliphatic hydroxyl groups excluding tert-OH is 1. The summed E-state index contributed by atoms with van der Waals surface area (Å²) in [6.07, 6.45) is 5.68. The summed E-state index contributed by atoms with van der Waals surface area (Å²) in [6, 6.07) is 11.1. The minimum Gasteiger partial charge on any atom is -0.497 e. The van der Waals surface area contributed by atoms with E-state index in [0.717, 1.165) is 22.7 Å². The van der Waals surface area contributed by atoms with Crippen LogP contribution in [0.25, 0.3) is 16.9 Å². The van der Waals surface area contributed by atoms with Gasteiger partial charge in [-0.1, -0.05) is 0 Å². The molecule has 0 atom stereocenters. The number of aromatic nitrogens is 3. The number of nitrogens with zero attached hydrogens (tertiary/aromatic N) is 3. The molecule has 0 bridgehead atoms. The highest BCUT2D eigenvalue weighted by Gasteiger charge is 2.08. The number of benzene rings is 1. The zero-order valence-corrected chi connectivity index (χ0v) is 14.4. The number of rotatable bonds is 7. The first-order chi connectivity index (χ1) is 12.7.